The van der Waals surface area contributed by atoms with Gasteiger partial charge in [0.25, 0.3) is 0 Å². The van der Waals surface area contributed by atoms with Gasteiger partial charge in [0.1, 0.15) is 0 Å². The molecule has 58 heavy (non-hydrogen) atoms. The molecule has 0 saturated carbocycles. The van der Waals surface area contributed by atoms with Crippen LogP contribution in [0.5, 0.6) is 5.75 Å². The van der Waals surface area contributed by atoms with E-state index in [1.165, 1.54) is 77.2 Å². The van der Waals surface area contributed by atoms with Crippen molar-refractivity contribution >= 4 is 32.4 Å². The minimum Gasteiger partial charge on any atom is -0.868 e. The topological polar surface area (TPSA) is 63.0 Å². The molecule has 0 spiro atoms. The maximum Gasteiger partial charge on any atom is 1.00 e. The summed E-state index contributed by atoms with van der Waals surface area (Å²) >= 11 is 0. The van der Waals surface area contributed by atoms with Crippen LogP contribution in [0.15, 0.2) is 195 Å². The molecule has 0 radical (unpaired) electrons. The monoisotopic (exact) mass is 740 g/mol. The predicted octanol–water partition coefficient (Wildman–Crippen LogP) is 9.47. The van der Waals surface area contributed by atoms with E-state index in [-0.39, 0.29) is 24.6 Å². The molecule has 1 N–H and O–H groups in total. The van der Waals surface area contributed by atoms with Gasteiger partial charge in [-0.2, -0.15) is 0 Å². The van der Waals surface area contributed by atoms with Crippen LogP contribution in [0.2, 0.25) is 0 Å². The molecule has 10 aromatic rings. The van der Waals surface area contributed by atoms with Gasteiger partial charge in [-0.1, -0.05) is 127 Å². The summed E-state index contributed by atoms with van der Waals surface area (Å²) in [5.41, 5.74) is 15.1. The van der Waals surface area contributed by atoms with Gasteiger partial charge >= 0.3 is 18.9 Å². The molecular formula is C53H39LiN3O+. The van der Waals surface area contributed by atoms with Crippen molar-refractivity contribution in [2.75, 3.05) is 0 Å². The van der Waals surface area contributed by atoms with Gasteiger partial charge in [-0.3, -0.25) is 9.97 Å². The van der Waals surface area contributed by atoms with Gasteiger partial charge in [0.15, 0.2) is 6.20 Å². The van der Waals surface area contributed by atoms with Gasteiger partial charge in [-0.05, 0) is 127 Å². The summed E-state index contributed by atoms with van der Waals surface area (Å²) < 4.78 is 0. The minimum absolute atomic E-state index is 0. The number of nitrogens with zero attached hydrogens (tertiary/aromatic N) is 2. The largest absolute Gasteiger partial charge is 1.00 e. The van der Waals surface area contributed by atoms with Crippen molar-refractivity contribution in [2.45, 2.75) is 13.8 Å². The Labute approximate surface area is 350 Å². The van der Waals surface area contributed by atoms with Crippen molar-refractivity contribution in [1.29, 1.82) is 0 Å². The molecule has 0 fully saturated rings. The van der Waals surface area contributed by atoms with E-state index in [1.807, 2.05) is 43.0 Å². The fourth-order valence-corrected chi connectivity index (χ4v) is 7.90. The summed E-state index contributed by atoms with van der Waals surface area (Å²) in [6.07, 6.45) is 9.37. The van der Waals surface area contributed by atoms with E-state index in [0.29, 0.717) is 5.52 Å². The van der Waals surface area contributed by atoms with E-state index in [9.17, 15) is 5.11 Å². The van der Waals surface area contributed by atoms with E-state index in [1.54, 1.807) is 18.3 Å². The van der Waals surface area contributed by atoms with Gasteiger partial charge in [0.2, 0.25) is 5.52 Å². The first-order valence-corrected chi connectivity index (χ1v) is 19.2. The van der Waals surface area contributed by atoms with Gasteiger partial charge in [0, 0.05) is 47.4 Å². The number of aryl methyl sites for hydroxylation is 2. The number of hydrogen-bond donors (Lipinski definition) is 0. The van der Waals surface area contributed by atoms with E-state index >= 15 is 0 Å². The molecule has 5 heteroatoms. The van der Waals surface area contributed by atoms with Crippen LogP contribution in [0.1, 0.15) is 11.1 Å². The molecule has 10 rings (SSSR count). The number of aromatic nitrogens is 3. The van der Waals surface area contributed by atoms with Gasteiger partial charge < -0.3 is 5.11 Å². The van der Waals surface area contributed by atoms with Gasteiger partial charge in [0.05, 0.1) is 0 Å². The van der Waals surface area contributed by atoms with Crippen molar-refractivity contribution in [1.82, 2.24) is 9.97 Å². The average molecular weight is 741 g/mol. The van der Waals surface area contributed by atoms with Crippen molar-refractivity contribution in [3.8, 4) is 61.4 Å². The van der Waals surface area contributed by atoms with Crippen LogP contribution in [0.25, 0.3) is 88.1 Å². The van der Waals surface area contributed by atoms with Crippen LogP contribution in [0, 0.1) is 13.8 Å². The van der Waals surface area contributed by atoms with Gasteiger partial charge in [-0.15, -0.1) is 0 Å². The molecule has 7 aromatic carbocycles. The Morgan fingerprint density at radius 3 is 1.50 bits per heavy atom. The zero-order chi connectivity index (χ0) is 38.7. The quantitative estimate of drug-likeness (QED) is 0.131. The van der Waals surface area contributed by atoms with Crippen LogP contribution in [-0.2, 0) is 0 Å². The van der Waals surface area contributed by atoms with E-state index < -0.39 is 0 Å². The van der Waals surface area contributed by atoms with Crippen LogP contribution >= 0.6 is 0 Å². The summed E-state index contributed by atoms with van der Waals surface area (Å²) in [5, 5.41) is 17.1. The summed E-state index contributed by atoms with van der Waals surface area (Å²) in [6, 6.07) is 57.6. The summed E-state index contributed by atoms with van der Waals surface area (Å²) in [5.74, 6) is 0.0445. The Kier molecular flexibility index (Phi) is 11.0. The Morgan fingerprint density at radius 1 is 0.431 bits per heavy atom. The third-order valence-corrected chi connectivity index (χ3v) is 10.8. The van der Waals surface area contributed by atoms with Crippen molar-refractivity contribution in [3.63, 3.8) is 0 Å². The molecule has 0 saturated heterocycles. The number of rotatable bonds is 5. The SMILES string of the molecule is Cc1ccncc1-c1ccc(-c2c3ccccc3c(-c3ccc(-c4cnccc4C)cc3)c3cc(-c4ccccc4)ccc23)cc1.[Li+].[O-]c1cccc2ccc[nH+]c12. The number of aromatic amines is 1. The predicted molar refractivity (Wildman–Crippen MR) is 234 cm³/mol. The number of para-hydroxylation sites is 1. The number of H-pyrrole nitrogens is 1. The fraction of sp³-hybridized carbons (Fsp3) is 0.0377. The molecule has 272 valence electrons. The Balaban J connectivity index is 0.000000337. The first-order valence-electron chi connectivity index (χ1n) is 19.2. The smallest absolute Gasteiger partial charge is 0.868 e. The van der Waals surface area contributed by atoms with Crippen LogP contribution in [-0.4, -0.2) is 9.97 Å². The number of pyridine rings is 3. The standard InChI is InChI=1S/C44H32N2.C9H7NO.Li/c1-29-22-24-45-27-41(29)32-12-16-34(17-13-32)43-37-10-6-7-11-38(37)44(35-18-14-33(15-19-35)42-28-46-25-23-30(42)2)40-26-36(20-21-39(40)43)31-8-4-3-5-9-31;11-8-5-1-3-7-4-2-6-10-9(7)8;/h3-28H,1-2H3;1-6,11H;/q;;+1. The molecular weight excluding hydrogens is 702 g/mol. The Hall–Kier alpha value is -6.83. The van der Waals surface area contributed by atoms with Crippen LogP contribution < -0.4 is 29.0 Å². The summed E-state index contributed by atoms with van der Waals surface area (Å²) in [6.45, 7) is 4.28. The third-order valence-electron chi connectivity index (χ3n) is 10.8. The molecule has 3 heterocycles. The van der Waals surface area contributed by atoms with Crippen molar-refractivity contribution in [2.24, 2.45) is 0 Å². The summed E-state index contributed by atoms with van der Waals surface area (Å²) in [7, 11) is 0. The van der Waals surface area contributed by atoms with E-state index in [4.69, 9.17) is 0 Å². The summed E-state index contributed by atoms with van der Waals surface area (Å²) in [4.78, 5) is 11.7. The maximum atomic E-state index is 11.1. The molecule has 4 nitrogen and oxygen atoms in total. The fourth-order valence-electron chi connectivity index (χ4n) is 7.90. The van der Waals surface area contributed by atoms with Crippen LogP contribution in [0.3, 0.4) is 0 Å². The second kappa shape index (κ2) is 16.7. The zero-order valence-electron chi connectivity index (χ0n) is 32.8. The average Bonchev–Trinajstić information content (AvgIpc) is 3.27. The minimum atomic E-state index is 0. The van der Waals surface area contributed by atoms with Crippen molar-refractivity contribution in [3.05, 3.63) is 206 Å². The normalized spacial score (nSPS) is 10.9. The Morgan fingerprint density at radius 2 is 0.931 bits per heavy atom. The van der Waals surface area contributed by atoms with Gasteiger partial charge in [-0.25, -0.2) is 4.98 Å². The molecule has 0 aliphatic rings. The third kappa shape index (κ3) is 7.40. The first kappa shape index (κ1) is 38.1. The first-order chi connectivity index (χ1) is 28.0. The number of fused-ring (bicyclic) bond motifs is 3. The molecule has 0 aliphatic carbocycles. The molecule has 0 aliphatic heterocycles. The molecule has 0 atom stereocenters. The Bertz CT molecular complexity index is 3030. The van der Waals surface area contributed by atoms with Crippen molar-refractivity contribution < 1.29 is 29.0 Å². The van der Waals surface area contributed by atoms with E-state index in [2.05, 4.69) is 162 Å². The number of benzene rings is 7. The second-order valence-electron chi connectivity index (χ2n) is 14.3. The maximum absolute atomic E-state index is 11.1. The van der Waals surface area contributed by atoms with Crippen LogP contribution in [0.4, 0.5) is 0 Å². The molecule has 3 aromatic heterocycles. The molecule has 0 bridgehead atoms. The number of hydrogen-bond acceptors (Lipinski definition) is 3. The van der Waals surface area contributed by atoms with E-state index in [0.717, 1.165) is 16.5 Å². The zero-order valence-corrected chi connectivity index (χ0v) is 32.8. The molecule has 0 amide bonds. The molecule has 0 unspecified atom stereocenters. The second-order valence-corrected chi connectivity index (χ2v) is 14.3. The number of nitrogens with one attached hydrogen (secondary N) is 1.